The van der Waals surface area contributed by atoms with E-state index in [4.69, 9.17) is 40.5 Å². The standard InChI is InChI=1S/C16H16Cl2F4N2O2.C10H10ClF3N2O/c1-7-12(25)24(8-5-9(17)11(19)10(18)6-8)13(15(2,3)4)23(7)14(26)16(20,21)22;1-5(15)9(17)16-8-3-6(10(12,13)14)2-7(11)4-8/h5-7,13H,1-4H3;2-5H,15H2,1H3,(H,16,17)/t7-,13+;5-/m11/s1. The Morgan fingerprint density at radius 3 is 1.88 bits per heavy atom. The van der Waals surface area contributed by atoms with Gasteiger partial charge in [-0.25, -0.2) is 4.39 Å². The van der Waals surface area contributed by atoms with E-state index in [-0.39, 0.29) is 26.4 Å². The third-order valence-corrected chi connectivity index (χ3v) is 6.69. The molecule has 0 aliphatic carbocycles. The van der Waals surface area contributed by atoms with Crippen LogP contribution in [0.3, 0.4) is 0 Å². The molecule has 7 nitrogen and oxygen atoms in total. The fraction of sp³-hybridized carbons (Fsp3) is 0.423. The number of nitrogens with one attached hydrogen (secondary N) is 1. The molecule has 1 heterocycles. The predicted octanol–water partition coefficient (Wildman–Crippen LogP) is 7.28. The highest BCUT2D eigenvalue weighted by Gasteiger charge is 2.57. The van der Waals surface area contributed by atoms with E-state index in [1.165, 1.54) is 19.9 Å². The molecule has 1 aliphatic heterocycles. The zero-order valence-corrected chi connectivity index (χ0v) is 25.4. The molecule has 0 spiro atoms. The zero-order valence-electron chi connectivity index (χ0n) is 23.1. The number of halogens is 10. The quantitative estimate of drug-likeness (QED) is 0.263. The van der Waals surface area contributed by atoms with Gasteiger partial charge in [-0.15, -0.1) is 0 Å². The van der Waals surface area contributed by atoms with Crippen LogP contribution in [0.15, 0.2) is 30.3 Å². The van der Waals surface area contributed by atoms with Crippen molar-refractivity contribution in [3.05, 3.63) is 56.8 Å². The number of anilines is 2. The molecule has 2 aromatic carbocycles. The second-order valence-corrected chi connectivity index (χ2v) is 11.8. The molecular weight excluding hydrogens is 656 g/mol. The van der Waals surface area contributed by atoms with Crippen LogP contribution < -0.4 is 16.0 Å². The van der Waals surface area contributed by atoms with Crippen molar-refractivity contribution in [2.24, 2.45) is 11.1 Å². The first-order valence-electron chi connectivity index (χ1n) is 12.2. The van der Waals surface area contributed by atoms with E-state index in [1.54, 1.807) is 20.8 Å². The molecule has 0 radical (unpaired) electrons. The highest BCUT2D eigenvalue weighted by molar-refractivity contribution is 6.35. The van der Waals surface area contributed by atoms with E-state index in [9.17, 15) is 45.1 Å². The van der Waals surface area contributed by atoms with E-state index in [1.807, 2.05) is 0 Å². The van der Waals surface area contributed by atoms with Crippen LogP contribution in [0.1, 0.15) is 40.2 Å². The van der Waals surface area contributed by atoms with Crippen molar-refractivity contribution in [3.63, 3.8) is 0 Å². The van der Waals surface area contributed by atoms with Gasteiger partial charge < -0.3 is 16.0 Å². The highest BCUT2D eigenvalue weighted by Crippen LogP contribution is 2.42. The van der Waals surface area contributed by atoms with Crippen molar-refractivity contribution in [1.82, 2.24) is 4.90 Å². The summed E-state index contributed by atoms with van der Waals surface area (Å²) in [7, 11) is 0. The molecular formula is C26H26Cl3F7N4O3. The molecule has 3 amide bonds. The summed E-state index contributed by atoms with van der Waals surface area (Å²) in [5.74, 6) is -4.37. The topological polar surface area (TPSA) is 95.7 Å². The molecule has 3 rings (SSSR count). The summed E-state index contributed by atoms with van der Waals surface area (Å²) in [5, 5.41) is 1.36. The molecule has 3 N–H and O–H groups in total. The maximum absolute atomic E-state index is 13.7. The van der Waals surface area contributed by atoms with E-state index < -0.39 is 65.1 Å². The molecule has 17 heteroatoms. The molecule has 238 valence electrons. The first-order chi connectivity index (χ1) is 19.4. The summed E-state index contributed by atoms with van der Waals surface area (Å²) in [6.45, 7) is 7.38. The number of benzene rings is 2. The van der Waals surface area contributed by atoms with Gasteiger partial charge in [-0.1, -0.05) is 55.6 Å². The number of hydrogen-bond acceptors (Lipinski definition) is 4. The maximum atomic E-state index is 13.7. The van der Waals surface area contributed by atoms with Gasteiger partial charge in [0.05, 0.1) is 21.7 Å². The van der Waals surface area contributed by atoms with E-state index in [0.717, 1.165) is 29.2 Å². The Hall–Kier alpha value is -2.81. The van der Waals surface area contributed by atoms with E-state index in [2.05, 4.69) is 5.32 Å². The molecule has 43 heavy (non-hydrogen) atoms. The fourth-order valence-electron chi connectivity index (χ4n) is 4.05. The average molecular weight is 682 g/mol. The Morgan fingerprint density at radius 1 is 0.953 bits per heavy atom. The molecule has 0 bridgehead atoms. The van der Waals surface area contributed by atoms with Crippen LogP contribution in [-0.4, -0.2) is 47.0 Å². The normalized spacial score (nSPS) is 18.3. The number of nitrogens with two attached hydrogens (primary N) is 1. The number of nitrogens with zero attached hydrogens (tertiary/aromatic N) is 2. The van der Waals surface area contributed by atoms with E-state index >= 15 is 0 Å². The Kier molecular flexibility index (Phi) is 11.0. The maximum Gasteiger partial charge on any atom is 0.471 e. The number of carbonyl (C=O) groups is 3. The second-order valence-electron chi connectivity index (χ2n) is 10.6. The molecule has 0 saturated carbocycles. The van der Waals surface area contributed by atoms with Crippen molar-refractivity contribution in [1.29, 1.82) is 0 Å². The van der Waals surface area contributed by atoms with Crippen molar-refractivity contribution >= 4 is 63.9 Å². The minimum absolute atomic E-state index is 0.00986. The van der Waals surface area contributed by atoms with Crippen LogP contribution >= 0.6 is 34.8 Å². The second kappa shape index (κ2) is 13.0. The number of rotatable bonds is 3. The van der Waals surface area contributed by atoms with Gasteiger partial charge >= 0.3 is 18.3 Å². The largest absolute Gasteiger partial charge is 0.471 e. The Morgan fingerprint density at radius 2 is 1.47 bits per heavy atom. The number of carbonyl (C=O) groups excluding carboxylic acids is 3. The van der Waals surface area contributed by atoms with Gasteiger partial charge in [0, 0.05) is 21.8 Å². The lowest BCUT2D eigenvalue weighted by atomic mass is 9.90. The lowest BCUT2D eigenvalue weighted by molar-refractivity contribution is -0.190. The van der Waals surface area contributed by atoms with Crippen molar-refractivity contribution in [2.75, 3.05) is 10.2 Å². The Bertz CT molecular complexity index is 1370. The summed E-state index contributed by atoms with van der Waals surface area (Å²) in [6, 6.07) is 2.80. The molecule has 3 atom stereocenters. The van der Waals surface area contributed by atoms with Crippen LogP contribution in [0, 0.1) is 11.2 Å². The van der Waals surface area contributed by atoms with Crippen LogP contribution in [0.5, 0.6) is 0 Å². The van der Waals surface area contributed by atoms with Gasteiger partial charge in [-0.2, -0.15) is 26.3 Å². The molecule has 0 aromatic heterocycles. The van der Waals surface area contributed by atoms with Crippen molar-refractivity contribution in [2.45, 2.75) is 65.2 Å². The fourth-order valence-corrected chi connectivity index (χ4v) is 4.76. The third kappa shape index (κ3) is 8.64. The number of amides is 3. The third-order valence-electron chi connectivity index (χ3n) is 5.92. The average Bonchev–Trinajstić information content (AvgIpc) is 3.11. The lowest BCUT2D eigenvalue weighted by Gasteiger charge is -2.40. The monoisotopic (exact) mass is 680 g/mol. The minimum atomic E-state index is -5.15. The van der Waals surface area contributed by atoms with E-state index in [0.29, 0.717) is 4.90 Å². The van der Waals surface area contributed by atoms with Gasteiger partial charge in [-0.3, -0.25) is 19.3 Å². The van der Waals surface area contributed by atoms with Gasteiger partial charge in [0.1, 0.15) is 12.2 Å². The summed E-state index contributed by atoms with van der Waals surface area (Å²) in [6.07, 6.45) is -10.9. The number of hydrogen-bond donors (Lipinski definition) is 2. The van der Waals surface area contributed by atoms with Gasteiger partial charge in [0.2, 0.25) is 5.91 Å². The summed E-state index contributed by atoms with van der Waals surface area (Å²) in [4.78, 5) is 37.4. The minimum Gasteiger partial charge on any atom is -0.325 e. The zero-order chi connectivity index (χ0) is 33.4. The van der Waals surface area contributed by atoms with Crippen LogP contribution in [0.2, 0.25) is 15.1 Å². The van der Waals surface area contributed by atoms with Gasteiger partial charge in [0.15, 0.2) is 5.82 Å². The molecule has 1 saturated heterocycles. The Labute approximate surface area is 257 Å². The predicted molar refractivity (Wildman–Crippen MR) is 148 cm³/mol. The SMILES string of the molecule is C[C@@H](N)C(=O)Nc1cc(Cl)cc(C(F)(F)F)c1.C[C@@H]1C(=O)N(c2cc(Cl)c(F)c(Cl)c2)[C@@H](C(C)(C)C)N1C(=O)C(F)(F)F. The first-order valence-corrected chi connectivity index (χ1v) is 13.3. The highest BCUT2D eigenvalue weighted by atomic mass is 35.5. The first kappa shape index (κ1) is 36.4. The molecule has 1 fully saturated rings. The lowest BCUT2D eigenvalue weighted by Crippen LogP contribution is -2.55. The smallest absolute Gasteiger partial charge is 0.325 e. The number of alkyl halides is 6. The van der Waals surface area contributed by atoms with Crippen LogP contribution in [0.25, 0.3) is 0 Å². The molecule has 0 unspecified atom stereocenters. The van der Waals surface area contributed by atoms with Gasteiger partial charge in [-0.05, 0) is 44.2 Å². The van der Waals surface area contributed by atoms with Gasteiger partial charge in [0.25, 0.3) is 5.91 Å². The van der Waals surface area contributed by atoms with Crippen LogP contribution in [-0.2, 0) is 20.6 Å². The summed E-state index contributed by atoms with van der Waals surface area (Å²) >= 11 is 17.1. The van der Waals surface area contributed by atoms with Crippen molar-refractivity contribution < 1.29 is 45.1 Å². The van der Waals surface area contributed by atoms with Crippen LogP contribution in [0.4, 0.5) is 42.1 Å². The Balaban J connectivity index is 0.000000329. The molecule has 1 aliphatic rings. The summed E-state index contributed by atoms with van der Waals surface area (Å²) < 4.78 is 90.2. The molecule has 2 aromatic rings. The van der Waals surface area contributed by atoms with Crippen molar-refractivity contribution in [3.8, 4) is 0 Å². The summed E-state index contributed by atoms with van der Waals surface area (Å²) in [5.41, 5.74) is 3.38.